The predicted molar refractivity (Wildman–Crippen MR) is 56.6 cm³/mol. The number of rotatable bonds is 5. The van der Waals surface area contributed by atoms with Gasteiger partial charge in [0.05, 0.1) is 0 Å². The van der Waals surface area contributed by atoms with Crippen molar-refractivity contribution in [2.45, 2.75) is 32.7 Å². The Balaban J connectivity index is 4.59. The fourth-order valence-corrected chi connectivity index (χ4v) is 0.955. The number of nitrogens with zero attached hydrogens (tertiary/aromatic N) is 2. The molecule has 0 rings (SSSR count). The Morgan fingerprint density at radius 2 is 2.07 bits per heavy atom. The molecule has 0 spiro atoms. The lowest BCUT2D eigenvalue weighted by molar-refractivity contribution is -0.131. The summed E-state index contributed by atoms with van der Waals surface area (Å²) in [6.07, 6.45) is 1.70. The lowest BCUT2D eigenvalue weighted by atomic mass is 10.2. The molecule has 4 heteroatoms. The van der Waals surface area contributed by atoms with Gasteiger partial charge < -0.3 is 9.69 Å². The van der Waals surface area contributed by atoms with Crippen molar-refractivity contribution in [1.82, 2.24) is 4.90 Å². The van der Waals surface area contributed by atoms with E-state index in [-0.39, 0.29) is 12.3 Å². The quantitative estimate of drug-likeness (QED) is 0.487. The summed E-state index contributed by atoms with van der Waals surface area (Å²) in [6.45, 7) is 3.83. The molecule has 0 N–H and O–H groups in total. The zero-order valence-electron chi connectivity index (χ0n) is 9.28. The maximum absolute atomic E-state index is 11.5. The van der Waals surface area contributed by atoms with E-state index in [1.165, 1.54) is 4.90 Å². The monoisotopic (exact) mass is 198 g/mol. The Morgan fingerprint density at radius 1 is 1.50 bits per heavy atom. The highest BCUT2D eigenvalue weighted by Gasteiger charge is 2.18. The largest absolute Gasteiger partial charge is 0.347 e. The molecule has 0 aromatic rings. The Labute approximate surface area is 85.0 Å². The number of hydrogen-bond acceptors (Lipinski definition) is 3. The van der Waals surface area contributed by atoms with Crippen LogP contribution in [0.1, 0.15) is 26.7 Å². The third-order valence-electron chi connectivity index (χ3n) is 1.93. The van der Waals surface area contributed by atoms with Gasteiger partial charge in [0, 0.05) is 26.2 Å². The van der Waals surface area contributed by atoms with Gasteiger partial charge in [0.1, 0.15) is 12.3 Å². The van der Waals surface area contributed by atoms with Crippen molar-refractivity contribution in [2.75, 3.05) is 14.1 Å². The molecule has 0 aliphatic heterocycles. The number of hydrogen-bond donors (Lipinski definition) is 0. The van der Waals surface area contributed by atoms with Gasteiger partial charge in [-0.05, 0) is 13.3 Å². The molecule has 1 amide bonds. The lowest BCUT2D eigenvalue weighted by Gasteiger charge is -2.15. The zero-order valence-corrected chi connectivity index (χ0v) is 9.28. The van der Waals surface area contributed by atoms with Crippen molar-refractivity contribution >= 4 is 17.9 Å². The molecule has 0 aliphatic carbocycles. The van der Waals surface area contributed by atoms with E-state index in [0.29, 0.717) is 0 Å². The highest BCUT2D eigenvalue weighted by Crippen LogP contribution is 2.02. The van der Waals surface area contributed by atoms with Crippen LogP contribution in [0.15, 0.2) is 4.99 Å². The first-order valence-electron chi connectivity index (χ1n) is 4.71. The number of aldehydes is 1. The molecular formula is C10H18N2O2. The number of likely N-dealkylation sites (N-methyl/N-ethyl adjacent to an activating group) is 1. The van der Waals surface area contributed by atoms with Crippen LogP contribution in [0.5, 0.6) is 0 Å². The van der Waals surface area contributed by atoms with E-state index in [1.807, 2.05) is 13.8 Å². The molecule has 0 aromatic heterocycles. The van der Waals surface area contributed by atoms with E-state index >= 15 is 0 Å². The fraction of sp³-hybridized carbons (Fsp3) is 0.700. The molecular weight excluding hydrogens is 180 g/mol. The van der Waals surface area contributed by atoms with Gasteiger partial charge >= 0.3 is 0 Å². The zero-order chi connectivity index (χ0) is 11.1. The van der Waals surface area contributed by atoms with E-state index in [9.17, 15) is 9.59 Å². The average Bonchev–Trinajstić information content (AvgIpc) is 2.15. The standard InChI is InChI=1S/C10H18N2O2/c1-5-8(2)11-9(6-7-13)10(14)12(3)4/h7,9H,5-6H2,1-4H3. The Kier molecular flexibility index (Phi) is 5.76. The van der Waals surface area contributed by atoms with Crippen LogP contribution in [0.4, 0.5) is 0 Å². The van der Waals surface area contributed by atoms with Crippen LogP contribution >= 0.6 is 0 Å². The van der Waals surface area contributed by atoms with Gasteiger partial charge in [0.2, 0.25) is 5.91 Å². The van der Waals surface area contributed by atoms with Crippen molar-refractivity contribution in [3.05, 3.63) is 0 Å². The molecule has 0 bridgehead atoms. The number of aliphatic imine (C=N–C) groups is 1. The van der Waals surface area contributed by atoms with Crippen LogP contribution in [0, 0.1) is 0 Å². The molecule has 0 saturated heterocycles. The summed E-state index contributed by atoms with van der Waals surface area (Å²) in [5.74, 6) is -0.120. The highest BCUT2D eigenvalue weighted by atomic mass is 16.2. The van der Waals surface area contributed by atoms with Gasteiger partial charge in [-0.15, -0.1) is 0 Å². The third-order valence-corrected chi connectivity index (χ3v) is 1.93. The van der Waals surface area contributed by atoms with Crippen molar-refractivity contribution in [3.8, 4) is 0 Å². The van der Waals surface area contributed by atoms with Gasteiger partial charge in [-0.3, -0.25) is 9.79 Å². The molecule has 0 heterocycles. The van der Waals surface area contributed by atoms with Crippen LogP contribution in [-0.2, 0) is 9.59 Å². The lowest BCUT2D eigenvalue weighted by Crippen LogP contribution is -2.33. The molecule has 1 atom stereocenters. The van der Waals surface area contributed by atoms with Gasteiger partial charge in [-0.2, -0.15) is 0 Å². The second-order valence-electron chi connectivity index (χ2n) is 3.37. The first-order chi connectivity index (χ1) is 6.52. The molecule has 1 unspecified atom stereocenters. The van der Waals surface area contributed by atoms with Gasteiger partial charge in [0.15, 0.2) is 0 Å². The summed E-state index contributed by atoms with van der Waals surface area (Å²) in [4.78, 5) is 27.6. The van der Waals surface area contributed by atoms with E-state index < -0.39 is 6.04 Å². The summed E-state index contributed by atoms with van der Waals surface area (Å²) in [5, 5.41) is 0. The summed E-state index contributed by atoms with van der Waals surface area (Å²) < 4.78 is 0. The molecule has 0 fully saturated rings. The second-order valence-corrected chi connectivity index (χ2v) is 3.37. The van der Waals surface area contributed by atoms with Crippen molar-refractivity contribution < 1.29 is 9.59 Å². The number of carbonyl (C=O) groups is 2. The molecule has 14 heavy (non-hydrogen) atoms. The van der Waals surface area contributed by atoms with Crippen molar-refractivity contribution in [2.24, 2.45) is 4.99 Å². The number of amides is 1. The topological polar surface area (TPSA) is 49.7 Å². The molecule has 0 aliphatic rings. The average molecular weight is 198 g/mol. The van der Waals surface area contributed by atoms with Gasteiger partial charge in [-0.25, -0.2) is 0 Å². The van der Waals surface area contributed by atoms with Crippen LogP contribution in [0.2, 0.25) is 0 Å². The van der Waals surface area contributed by atoms with Crippen molar-refractivity contribution in [3.63, 3.8) is 0 Å². The highest BCUT2D eigenvalue weighted by molar-refractivity contribution is 5.89. The minimum absolute atomic E-state index is 0.120. The second kappa shape index (κ2) is 6.29. The summed E-state index contributed by atoms with van der Waals surface area (Å²) in [5.41, 5.74) is 0.895. The van der Waals surface area contributed by atoms with Crippen LogP contribution in [0.25, 0.3) is 0 Å². The van der Waals surface area contributed by atoms with E-state index in [0.717, 1.165) is 18.4 Å². The Morgan fingerprint density at radius 3 is 2.43 bits per heavy atom. The minimum Gasteiger partial charge on any atom is -0.347 e. The van der Waals surface area contributed by atoms with Crippen molar-refractivity contribution in [1.29, 1.82) is 0 Å². The van der Waals surface area contributed by atoms with Gasteiger partial charge in [-0.1, -0.05) is 6.92 Å². The molecule has 80 valence electrons. The SMILES string of the molecule is CCC(C)=NC(CC=O)C(=O)N(C)C. The first-order valence-corrected chi connectivity index (χ1v) is 4.71. The Bertz CT molecular complexity index is 234. The molecule has 0 radical (unpaired) electrons. The van der Waals surface area contributed by atoms with Crippen LogP contribution in [-0.4, -0.2) is 42.9 Å². The summed E-state index contributed by atoms with van der Waals surface area (Å²) in [7, 11) is 3.33. The summed E-state index contributed by atoms with van der Waals surface area (Å²) >= 11 is 0. The normalized spacial score (nSPS) is 13.6. The fourth-order valence-electron chi connectivity index (χ4n) is 0.955. The number of carbonyl (C=O) groups excluding carboxylic acids is 2. The maximum Gasteiger partial charge on any atom is 0.247 e. The van der Waals surface area contributed by atoms with Crippen LogP contribution < -0.4 is 0 Å². The minimum atomic E-state index is -0.539. The first kappa shape index (κ1) is 12.8. The predicted octanol–water partition coefficient (Wildman–Crippen LogP) is 0.903. The maximum atomic E-state index is 11.5. The van der Waals surface area contributed by atoms with Crippen LogP contribution in [0.3, 0.4) is 0 Å². The Hall–Kier alpha value is -1.19. The molecule has 0 aromatic carbocycles. The smallest absolute Gasteiger partial charge is 0.247 e. The third kappa shape index (κ3) is 4.16. The van der Waals surface area contributed by atoms with E-state index in [4.69, 9.17) is 0 Å². The summed E-state index contributed by atoms with van der Waals surface area (Å²) in [6, 6.07) is -0.539. The van der Waals surface area contributed by atoms with Gasteiger partial charge in [0.25, 0.3) is 0 Å². The van der Waals surface area contributed by atoms with E-state index in [1.54, 1.807) is 14.1 Å². The molecule has 4 nitrogen and oxygen atoms in total. The van der Waals surface area contributed by atoms with E-state index in [2.05, 4.69) is 4.99 Å². The molecule has 0 saturated carbocycles.